The Labute approximate surface area is 151 Å². The summed E-state index contributed by atoms with van der Waals surface area (Å²) in [5, 5.41) is 6.80. The number of nitrogens with one attached hydrogen (secondary N) is 2. The quantitative estimate of drug-likeness (QED) is 0.686. The van der Waals surface area contributed by atoms with Crippen molar-refractivity contribution in [1.82, 2.24) is 4.98 Å². The van der Waals surface area contributed by atoms with E-state index in [1.54, 1.807) is 18.3 Å². The van der Waals surface area contributed by atoms with E-state index in [4.69, 9.17) is 11.6 Å². The summed E-state index contributed by atoms with van der Waals surface area (Å²) in [5.74, 6) is 0.532. The lowest BCUT2D eigenvalue weighted by atomic mass is 10.2. The van der Waals surface area contributed by atoms with Crippen LogP contribution in [-0.4, -0.2) is 10.9 Å². The van der Waals surface area contributed by atoms with Crippen molar-refractivity contribution in [2.45, 2.75) is 13.5 Å². The van der Waals surface area contributed by atoms with E-state index >= 15 is 0 Å². The predicted octanol–water partition coefficient (Wildman–Crippen LogP) is 4.91. The van der Waals surface area contributed by atoms with Gasteiger partial charge < -0.3 is 10.6 Å². The molecule has 0 aliphatic rings. The Morgan fingerprint density at radius 2 is 1.88 bits per heavy atom. The highest BCUT2D eigenvalue weighted by Crippen LogP contribution is 2.14. The van der Waals surface area contributed by atoms with Crippen LogP contribution in [0.1, 0.15) is 21.5 Å². The van der Waals surface area contributed by atoms with Crippen LogP contribution < -0.4 is 10.6 Å². The number of pyridine rings is 1. The summed E-state index contributed by atoms with van der Waals surface area (Å²) in [7, 11) is 0. The number of anilines is 2. The summed E-state index contributed by atoms with van der Waals surface area (Å²) in [6, 6.07) is 18.8. The number of rotatable bonds is 5. The Balaban J connectivity index is 1.59. The molecule has 25 heavy (non-hydrogen) atoms. The first-order chi connectivity index (χ1) is 12.1. The zero-order valence-corrected chi connectivity index (χ0v) is 14.5. The Bertz CT molecular complexity index is 861. The molecule has 1 aromatic heterocycles. The summed E-state index contributed by atoms with van der Waals surface area (Å²) >= 11 is 5.87. The number of hydrogen-bond acceptors (Lipinski definition) is 3. The Morgan fingerprint density at radius 1 is 1.08 bits per heavy atom. The van der Waals surface area contributed by atoms with E-state index in [1.165, 1.54) is 0 Å². The van der Waals surface area contributed by atoms with E-state index in [0.717, 1.165) is 16.8 Å². The number of benzene rings is 2. The molecule has 1 amide bonds. The number of carbonyl (C=O) groups is 1. The van der Waals surface area contributed by atoms with Gasteiger partial charge in [0.25, 0.3) is 5.91 Å². The first-order valence-electron chi connectivity index (χ1n) is 7.92. The van der Waals surface area contributed by atoms with E-state index in [-0.39, 0.29) is 5.91 Å². The fourth-order valence-corrected chi connectivity index (χ4v) is 2.48. The van der Waals surface area contributed by atoms with E-state index in [1.807, 2.05) is 55.5 Å². The van der Waals surface area contributed by atoms with E-state index in [9.17, 15) is 4.79 Å². The summed E-state index contributed by atoms with van der Waals surface area (Å²) in [6.45, 7) is 2.62. The molecule has 3 rings (SSSR count). The summed E-state index contributed by atoms with van der Waals surface area (Å²) < 4.78 is 0. The molecule has 3 aromatic rings. The minimum atomic E-state index is -0.178. The third-order valence-corrected chi connectivity index (χ3v) is 3.94. The second-order valence-electron chi connectivity index (χ2n) is 5.74. The molecule has 0 aliphatic heterocycles. The van der Waals surface area contributed by atoms with Gasteiger partial charge in [-0.2, -0.15) is 0 Å². The number of hydrogen-bond donors (Lipinski definition) is 2. The molecule has 0 bridgehead atoms. The monoisotopic (exact) mass is 351 g/mol. The fraction of sp³-hybridized carbons (Fsp3) is 0.100. The van der Waals surface area contributed by atoms with Gasteiger partial charge in [-0.05, 0) is 54.4 Å². The van der Waals surface area contributed by atoms with Gasteiger partial charge in [0.2, 0.25) is 0 Å². The fourth-order valence-electron chi connectivity index (χ4n) is 2.35. The minimum Gasteiger partial charge on any atom is -0.366 e. The van der Waals surface area contributed by atoms with Gasteiger partial charge in [0.1, 0.15) is 5.82 Å². The number of nitrogens with zero attached hydrogens (tertiary/aromatic N) is 1. The predicted molar refractivity (Wildman–Crippen MR) is 102 cm³/mol. The molecule has 0 atom stereocenters. The Morgan fingerprint density at radius 3 is 2.56 bits per heavy atom. The first kappa shape index (κ1) is 17.0. The molecule has 2 N–H and O–H groups in total. The number of aromatic nitrogens is 1. The van der Waals surface area contributed by atoms with Crippen LogP contribution in [0.5, 0.6) is 0 Å². The van der Waals surface area contributed by atoms with Crippen molar-refractivity contribution < 1.29 is 4.79 Å². The molecule has 0 saturated heterocycles. The van der Waals surface area contributed by atoms with E-state index in [2.05, 4.69) is 15.6 Å². The lowest BCUT2D eigenvalue weighted by Gasteiger charge is -2.08. The summed E-state index contributed by atoms with van der Waals surface area (Å²) in [5.41, 5.74) is 3.48. The number of halogens is 1. The molecule has 0 fully saturated rings. The van der Waals surface area contributed by atoms with Gasteiger partial charge in [-0.3, -0.25) is 4.79 Å². The lowest BCUT2D eigenvalue weighted by molar-refractivity contribution is 0.102. The highest BCUT2D eigenvalue weighted by atomic mass is 35.5. The normalized spacial score (nSPS) is 10.3. The van der Waals surface area contributed by atoms with Crippen molar-refractivity contribution in [3.05, 3.63) is 88.6 Å². The minimum absolute atomic E-state index is 0.178. The van der Waals surface area contributed by atoms with Crippen LogP contribution in [-0.2, 0) is 6.54 Å². The van der Waals surface area contributed by atoms with Gasteiger partial charge in [-0.1, -0.05) is 35.9 Å². The maximum absolute atomic E-state index is 12.3. The van der Waals surface area contributed by atoms with Crippen LogP contribution in [0.4, 0.5) is 11.5 Å². The summed E-state index contributed by atoms with van der Waals surface area (Å²) in [6.07, 6.45) is 1.56. The molecular weight excluding hydrogens is 334 g/mol. The third-order valence-electron chi connectivity index (χ3n) is 3.69. The van der Waals surface area contributed by atoms with Crippen LogP contribution in [0.2, 0.25) is 5.02 Å². The van der Waals surface area contributed by atoms with Gasteiger partial charge in [0, 0.05) is 23.5 Å². The lowest BCUT2D eigenvalue weighted by Crippen LogP contribution is -2.12. The molecule has 0 spiro atoms. The average molecular weight is 352 g/mol. The second kappa shape index (κ2) is 7.81. The van der Waals surface area contributed by atoms with Crippen molar-refractivity contribution >= 4 is 29.0 Å². The highest BCUT2D eigenvalue weighted by Gasteiger charge is 2.07. The average Bonchev–Trinajstić information content (AvgIpc) is 2.62. The van der Waals surface area contributed by atoms with Crippen LogP contribution in [0.3, 0.4) is 0 Å². The molecule has 0 unspecified atom stereocenters. The number of aryl methyl sites for hydroxylation is 1. The second-order valence-corrected chi connectivity index (χ2v) is 6.17. The van der Waals surface area contributed by atoms with E-state index < -0.39 is 0 Å². The first-order valence-corrected chi connectivity index (χ1v) is 8.30. The molecule has 2 aromatic carbocycles. The summed E-state index contributed by atoms with van der Waals surface area (Å²) in [4.78, 5) is 16.6. The standard InChI is InChI=1S/C20H18ClN3O/c1-14-3-2-4-18(11-14)24-20(25)16-7-10-19(23-13-16)22-12-15-5-8-17(21)9-6-15/h2-11,13H,12H2,1H3,(H,22,23)(H,24,25). The maximum Gasteiger partial charge on any atom is 0.257 e. The Kier molecular flexibility index (Phi) is 5.31. The largest absolute Gasteiger partial charge is 0.366 e. The van der Waals surface area contributed by atoms with Crippen LogP contribution in [0.25, 0.3) is 0 Å². The molecule has 0 radical (unpaired) electrons. The van der Waals surface area contributed by atoms with Gasteiger partial charge in [-0.25, -0.2) is 4.98 Å². The van der Waals surface area contributed by atoms with Crippen LogP contribution in [0, 0.1) is 6.92 Å². The van der Waals surface area contributed by atoms with Crippen molar-refractivity contribution in [2.24, 2.45) is 0 Å². The number of amides is 1. The number of carbonyl (C=O) groups excluding carboxylic acids is 1. The molecular formula is C20H18ClN3O. The van der Waals surface area contributed by atoms with Gasteiger partial charge in [0.05, 0.1) is 5.56 Å². The van der Waals surface area contributed by atoms with E-state index in [0.29, 0.717) is 22.9 Å². The zero-order chi connectivity index (χ0) is 17.6. The van der Waals surface area contributed by atoms with Crippen LogP contribution in [0.15, 0.2) is 66.9 Å². The molecule has 4 nitrogen and oxygen atoms in total. The van der Waals surface area contributed by atoms with Crippen LogP contribution >= 0.6 is 11.6 Å². The van der Waals surface area contributed by atoms with Crippen molar-refractivity contribution in [3.63, 3.8) is 0 Å². The molecule has 126 valence electrons. The molecule has 0 aliphatic carbocycles. The van der Waals surface area contributed by atoms with Crippen molar-refractivity contribution in [1.29, 1.82) is 0 Å². The van der Waals surface area contributed by atoms with Gasteiger partial charge in [0.15, 0.2) is 0 Å². The van der Waals surface area contributed by atoms with Crippen molar-refractivity contribution in [2.75, 3.05) is 10.6 Å². The SMILES string of the molecule is Cc1cccc(NC(=O)c2ccc(NCc3ccc(Cl)cc3)nc2)c1. The Hall–Kier alpha value is -2.85. The third kappa shape index (κ3) is 4.81. The maximum atomic E-state index is 12.3. The highest BCUT2D eigenvalue weighted by molar-refractivity contribution is 6.30. The van der Waals surface area contributed by atoms with Gasteiger partial charge >= 0.3 is 0 Å². The molecule has 5 heteroatoms. The smallest absolute Gasteiger partial charge is 0.257 e. The topological polar surface area (TPSA) is 54.0 Å². The zero-order valence-electron chi connectivity index (χ0n) is 13.8. The molecule has 0 saturated carbocycles. The van der Waals surface area contributed by atoms with Gasteiger partial charge in [-0.15, -0.1) is 0 Å². The van der Waals surface area contributed by atoms with Crippen molar-refractivity contribution in [3.8, 4) is 0 Å². The molecule has 1 heterocycles.